The van der Waals surface area contributed by atoms with Crippen LogP contribution in [0.15, 0.2) is 30.3 Å². The van der Waals surface area contributed by atoms with Crippen molar-refractivity contribution in [1.29, 1.82) is 0 Å². The summed E-state index contributed by atoms with van der Waals surface area (Å²) in [6, 6.07) is 9.67. The first kappa shape index (κ1) is 12.4. The standard InChI is InChI=1S/C14H15NO3/c1-17-12-7-4-10-3-5-11(15-13(10)9-12)6-8-14(16)18-2/h3-5,7,9H,6,8H2,1-2H3. The molecule has 0 amide bonds. The Morgan fingerprint density at radius 1 is 1.22 bits per heavy atom. The summed E-state index contributed by atoms with van der Waals surface area (Å²) in [7, 11) is 3.02. The molecule has 0 aliphatic carbocycles. The van der Waals surface area contributed by atoms with Crippen LogP contribution in [0.4, 0.5) is 0 Å². The summed E-state index contributed by atoms with van der Waals surface area (Å²) in [6.07, 6.45) is 0.929. The number of carbonyl (C=O) groups is 1. The Bertz CT molecular complexity index is 566. The first-order valence-corrected chi connectivity index (χ1v) is 5.73. The molecule has 1 heterocycles. The van der Waals surface area contributed by atoms with Crippen molar-refractivity contribution >= 4 is 16.9 Å². The average Bonchev–Trinajstić information content (AvgIpc) is 2.43. The fourth-order valence-electron chi connectivity index (χ4n) is 1.74. The number of nitrogens with zero attached hydrogens (tertiary/aromatic N) is 1. The lowest BCUT2D eigenvalue weighted by Gasteiger charge is -2.04. The fraction of sp³-hybridized carbons (Fsp3) is 0.286. The number of aryl methyl sites for hydroxylation is 1. The van der Waals surface area contributed by atoms with E-state index in [2.05, 4.69) is 9.72 Å². The lowest BCUT2D eigenvalue weighted by molar-refractivity contribution is -0.140. The molecule has 0 spiro atoms. The summed E-state index contributed by atoms with van der Waals surface area (Å²) in [5.74, 6) is 0.558. The van der Waals surface area contributed by atoms with Gasteiger partial charge >= 0.3 is 5.97 Å². The van der Waals surface area contributed by atoms with Crippen LogP contribution in [-0.4, -0.2) is 25.2 Å². The number of benzene rings is 1. The number of esters is 1. The van der Waals surface area contributed by atoms with Crippen molar-refractivity contribution in [2.45, 2.75) is 12.8 Å². The molecule has 0 fully saturated rings. The van der Waals surface area contributed by atoms with Crippen LogP contribution in [0.3, 0.4) is 0 Å². The van der Waals surface area contributed by atoms with Crippen LogP contribution in [0.25, 0.3) is 10.9 Å². The molecule has 0 bridgehead atoms. The lowest BCUT2D eigenvalue weighted by atomic mass is 10.1. The molecule has 1 aromatic heterocycles. The van der Waals surface area contributed by atoms with Gasteiger partial charge in [0.15, 0.2) is 0 Å². The molecule has 0 radical (unpaired) electrons. The van der Waals surface area contributed by atoms with Gasteiger partial charge < -0.3 is 9.47 Å². The van der Waals surface area contributed by atoms with Gasteiger partial charge in [-0.1, -0.05) is 6.07 Å². The maximum atomic E-state index is 11.1. The molecule has 0 saturated carbocycles. The molecule has 4 heteroatoms. The minimum Gasteiger partial charge on any atom is -0.497 e. The van der Waals surface area contributed by atoms with Crippen LogP contribution < -0.4 is 4.74 Å². The second-order valence-corrected chi connectivity index (χ2v) is 3.94. The number of methoxy groups -OCH3 is 2. The monoisotopic (exact) mass is 245 g/mol. The van der Waals surface area contributed by atoms with Crippen molar-refractivity contribution in [3.8, 4) is 5.75 Å². The third-order valence-corrected chi connectivity index (χ3v) is 2.77. The maximum Gasteiger partial charge on any atom is 0.305 e. The Morgan fingerprint density at radius 2 is 2.00 bits per heavy atom. The van der Waals surface area contributed by atoms with E-state index in [-0.39, 0.29) is 5.97 Å². The van der Waals surface area contributed by atoms with E-state index >= 15 is 0 Å². The fourth-order valence-corrected chi connectivity index (χ4v) is 1.74. The van der Waals surface area contributed by atoms with E-state index in [9.17, 15) is 4.79 Å². The molecule has 1 aromatic carbocycles. The highest BCUT2D eigenvalue weighted by atomic mass is 16.5. The predicted molar refractivity (Wildman–Crippen MR) is 68.6 cm³/mol. The first-order valence-electron chi connectivity index (χ1n) is 5.73. The van der Waals surface area contributed by atoms with E-state index in [1.165, 1.54) is 7.11 Å². The molecule has 18 heavy (non-hydrogen) atoms. The SMILES string of the molecule is COC(=O)CCc1ccc2ccc(OC)cc2n1. The highest BCUT2D eigenvalue weighted by molar-refractivity contribution is 5.80. The number of hydrogen-bond acceptors (Lipinski definition) is 4. The number of carbonyl (C=O) groups excluding carboxylic acids is 1. The molecule has 0 unspecified atom stereocenters. The zero-order valence-electron chi connectivity index (χ0n) is 10.5. The largest absolute Gasteiger partial charge is 0.497 e. The predicted octanol–water partition coefficient (Wildman–Crippen LogP) is 2.35. The summed E-state index contributed by atoms with van der Waals surface area (Å²) in [4.78, 5) is 15.6. The summed E-state index contributed by atoms with van der Waals surface area (Å²) in [5, 5.41) is 1.05. The van der Waals surface area contributed by atoms with Crippen LogP contribution in [0, 0.1) is 0 Å². The Labute approximate surface area is 106 Å². The summed E-state index contributed by atoms with van der Waals surface area (Å²) in [6.45, 7) is 0. The number of aromatic nitrogens is 1. The van der Waals surface area contributed by atoms with Crippen LogP contribution in [0.5, 0.6) is 5.75 Å². The van der Waals surface area contributed by atoms with E-state index < -0.39 is 0 Å². The van der Waals surface area contributed by atoms with Gasteiger partial charge in [-0.3, -0.25) is 9.78 Å². The normalized spacial score (nSPS) is 10.3. The number of ether oxygens (including phenoxy) is 2. The van der Waals surface area contributed by atoms with Gasteiger partial charge in [-0.05, 0) is 18.2 Å². The van der Waals surface area contributed by atoms with Crippen LogP contribution in [0.2, 0.25) is 0 Å². The Balaban J connectivity index is 2.22. The Morgan fingerprint density at radius 3 is 2.72 bits per heavy atom. The van der Waals surface area contributed by atoms with Crippen molar-refractivity contribution in [2.75, 3.05) is 14.2 Å². The number of fused-ring (bicyclic) bond motifs is 1. The van der Waals surface area contributed by atoms with Gasteiger partial charge in [0, 0.05) is 23.6 Å². The van der Waals surface area contributed by atoms with E-state index in [0.717, 1.165) is 22.3 Å². The Kier molecular flexibility index (Phi) is 3.77. The van der Waals surface area contributed by atoms with Crippen molar-refractivity contribution in [3.63, 3.8) is 0 Å². The minimum atomic E-state index is -0.220. The van der Waals surface area contributed by atoms with E-state index in [4.69, 9.17) is 4.74 Å². The highest BCUT2D eigenvalue weighted by Crippen LogP contribution is 2.19. The second-order valence-electron chi connectivity index (χ2n) is 3.94. The molecule has 94 valence electrons. The van der Waals surface area contributed by atoms with Crippen molar-refractivity contribution < 1.29 is 14.3 Å². The van der Waals surface area contributed by atoms with Gasteiger partial charge in [-0.25, -0.2) is 0 Å². The molecule has 2 rings (SSSR count). The quantitative estimate of drug-likeness (QED) is 0.776. The lowest BCUT2D eigenvalue weighted by Crippen LogP contribution is -2.03. The molecular weight excluding hydrogens is 230 g/mol. The molecule has 0 atom stereocenters. The zero-order valence-corrected chi connectivity index (χ0v) is 10.5. The maximum absolute atomic E-state index is 11.1. The third-order valence-electron chi connectivity index (χ3n) is 2.77. The molecule has 0 aliphatic rings. The van der Waals surface area contributed by atoms with Gasteiger partial charge in [0.2, 0.25) is 0 Å². The van der Waals surface area contributed by atoms with Gasteiger partial charge in [0.1, 0.15) is 5.75 Å². The molecular formula is C14H15NO3. The number of pyridine rings is 1. The second kappa shape index (κ2) is 5.49. The van der Waals surface area contributed by atoms with Gasteiger partial charge in [0.05, 0.1) is 26.2 Å². The smallest absolute Gasteiger partial charge is 0.305 e. The first-order chi connectivity index (χ1) is 8.72. The molecule has 0 N–H and O–H groups in total. The van der Waals surface area contributed by atoms with Crippen molar-refractivity contribution in [3.05, 3.63) is 36.0 Å². The third kappa shape index (κ3) is 2.77. The number of hydrogen-bond donors (Lipinski definition) is 0. The van der Waals surface area contributed by atoms with Gasteiger partial charge in [-0.15, -0.1) is 0 Å². The molecule has 4 nitrogen and oxygen atoms in total. The Hall–Kier alpha value is -2.10. The van der Waals surface area contributed by atoms with Crippen LogP contribution in [-0.2, 0) is 16.0 Å². The van der Waals surface area contributed by atoms with E-state index in [1.807, 2.05) is 30.3 Å². The van der Waals surface area contributed by atoms with Crippen LogP contribution in [0.1, 0.15) is 12.1 Å². The van der Waals surface area contributed by atoms with Crippen molar-refractivity contribution in [1.82, 2.24) is 4.98 Å². The minimum absolute atomic E-state index is 0.220. The zero-order chi connectivity index (χ0) is 13.0. The summed E-state index contributed by atoms with van der Waals surface area (Å²) >= 11 is 0. The summed E-state index contributed by atoms with van der Waals surface area (Å²) < 4.78 is 9.77. The number of rotatable bonds is 4. The molecule has 2 aromatic rings. The van der Waals surface area contributed by atoms with E-state index in [0.29, 0.717) is 12.8 Å². The summed E-state index contributed by atoms with van der Waals surface area (Å²) in [5.41, 5.74) is 1.75. The van der Waals surface area contributed by atoms with Gasteiger partial charge in [-0.2, -0.15) is 0 Å². The molecule has 0 aliphatic heterocycles. The van der Waals surface area contributed by atoms with Crippen molar-refractivity contribution in [2.24, 2.45) is 0 Å². The van der Waals surface area contributed by atoms with Crippen LogP contribution >= 0.6 is 0 Å². The van der Waals surface area contributed by atoms with E-state index in [1.54, 1.807) is 7.11 Å². The average molecular weight is 245 g/mol. The molecule has 0 saturated heterocycles. The van der Waals surface area contributed by atoms with Gasteiger partial charge in [0.25, 0.3) is 0 Å². The highest BCUT2D eigenvalue weighted by Gasteiger charge is 2.04. The topological polar surface area (TPSA) is 48.4 Å².